The number of hydrogen-bond acceptors (Lipinski definition) is 8. The lowest BCUT2D eigenvalue weighted by atomic mass is 10.1. The summed E-state index contributed by atoms with van der Waals surface area (Å²) < 4.78 is 10.7. The molecule has 1 aromatic rings. The van der Waals surface area contributed by atoms with Gasteiger partial charge in [-0.05, 0) is 75.9 Å². The Labute approximate surface area is 243 Å². The van der Waals surface area contributed by atoms with Crippen molar-refractivity contribution in [2.24, 2.45) is 22.9 Å². The predicted octanol–water partition coefficient (Wildman–Crippen LogP) is 6.29. The Hall–Kier alpha value is -2.00. The van der Waals surface area contributed by atoms with Crippen LogP contribution in [0, 0.1) is 0 Å². The number of carbonyl (C=O) groups is 2. The predicted molar refractivity (Wildman–Crippen MR) is 164 cm³/mol. The zero-order chi connectivity index (χ0) is 29.3. The molecule has 2 unspecified atom stereocenters. The highest BCUT2D eigenvalue weighted by atomic mass is 16.6. The molecule has 1 aromatic carbocycles. The molecule has 0 aliphatic carbocycles. The molecule has 0 bridgehead atoms. The number of esters is 2. The van der Waals surface area contributed by atoms with Crippen molar-refractivity contribution in [3.05, 3.63) is 35.4 Å². The van der Waals surface area contributed by atoms with Crippen molar-refractivity contribution in [3.8, 4) is 0 Å². The summed E-state index contributed by atoms with van der Waals surface area (Å²) in [6, 6.07) is 6.23. The molecule has 8 nitrogen and oxygen atoms in total. The highest BCUT2D eigenvalue weighted by Gasteiger charge is 2.16. The van der Waals surface area contributed by atoms with Gasteiger partial charge in [0.15, 0.2) is 12.5 Å². The molecule has 0 spiro atoms. The average Bonchev–Trinajstić information content (AvgIpc) is 2.95. The Morgan fingerprint density at radius 3 is 1.00 bits per heavy atom. The molecule has 8 heteroatoms. The minimum atomic E-state index is -0.632. The smallest absolute Gasteiger partial charge is 0.339 e. The van der Waals surface area contributed by atoms with E-state index in [2.05, 4.69) is 0 Å². The number of ether oxygens (including phenoxy) is 2. The van der Waals surface area contributed by atoms with Gasteiger partial charge in [-0.1, -0.05) is 89.9 Å². The Morgan fingerprint density at radius 1 is 0.475 bits per heavy atom. The Morgan fingerprint density at radius 2 is 0.725 bits per heavy atom. The third-order valence-corrected chi connectivity index (χ3v) is 7.26. The van der Waals surface area contributed by atoms with E-state index < -0.39 is 24.4 Å². The van der Waals surface area contributed by atoms with Crippen LogP contribution in [0.5, 0.6) is 0 Å². The third-order valence-electron chi connectivity index (χ3n) is 7.26. The van der Waals surface area contributed by atoms with Crippen LogP contribution >= 0.6 is 0 Å². The van der Waals surface area contributed by atoms with E-state index in [0.29, 0.717) is 24.0 Å². The summed E-state index contributed by atoms with van der Waals surface area (Å²) in [5.41, 5.74) is 23.7. The monoisotopic (exact) mass is 562 g/mol. The molecule has 8 N–H and O–H groups in total. The largest absolute Gasteiger partial charge is 0.443 e. The van der Waals surface area contributed by atoms with Crippen molar-refractivity contribution >= 4 is 11.9 Å². The van der Waals surface area contributed by atoms with Crippen LogP contribution in [0.15, 0.2) is 24.3 Å². The number of carbonyl (C=O) groups excluding carboxylic acids is 2. The Bertz CT molecular complexity index is 697. The molecule has 0 aliphatic rings. The van der Waals surface area contributed by atoms with Crippen LogP contribution in [0.4, 0.5) is 0 Å². The van der Waals surface area contributed by atoms with Crippen molar-refractivity contribution in [3.63, 3.8) is 0 Å². The van der Waals surface area contributed by atoms with E-state index in [9.17, 15) is 9.59 Å². The fraction of sp³-hybridized carbons (Fsp3) is 0.750. The first-order valence-electron chi connectivity index (χ1n) is 15.9. The molecule has 230 valence electrons. The normalized spacial score (nSPS) is 12.7. The van der Waals surface area contributed by atoms with E-state index in [1.165, 1.54) is 77.0 Å². The van der Waals surface area contributed by atoms with Gasteiger partial charge in [0.1, 0.15) is 0 Å². The second kappa shape index (κ2) is 24.8. The van der Waals surface area contributed by atoms with Crippen molar-refractivity contribution < 1.29 is 19.1 Å². The molecule has 0 aliphatic heterocycles. The second-order valence-corrected chi connectivity index (χ2v) is 11.0. The first-order valence-corrected chi connectivity index (χ1v) is 15.9. The maximum Gasteiger partial charge on any atom is 0.339 e. The standard InChI is InChI=1S/C32H58N4O4/c33-25-17-13-9-5-1-3-7-11-15-19-29(35)39-31(37)27-21-23-28(24-22-27)32(38)40-30(36)20-16-12-8-4-2-6-10-14-18-26-34/h21-24,29-30H,1-20,25-26,33-36H2. The molecule has 0 saturated carbocycles. The lowest BCUT2D eigenvalue weighted by molar-refractivity contribution is 0.0276. The molecule has 0 aromatic heterocycles. The first-order chi connectivity index (χ1) is 19.5. The van der Waals surface area contributed by atoms with Crippen molar-refractivity contribution in [1.29, 1.82) is 0 Å². The fourth-order valence-electron chi connectivity index (χ4n) is 4.73. The molecule has 0 heterocycles. The first kappa shape index (κ1) is 36.0. The van der Waals surface area contributed by atoms with Crippen molar-refractivity contribution in [1.82, 2.24) is 0 Å². The molecule has 0 saturated heterocycles. The molecule has 0 amide bonds. The van der Waals surface area contributed by atoms with Crippen LogP contribution < -0.4 is 22.9 Å². The summed E-state index contributed by atoms with van der Waals surface area (Å²) in [4.78, 5) is 24.8. The van der Waals surface area contributed by atoms with Gasteiger partial charge in [0.05, 0.1) is 11.1 Å². The zero-order valence-electron chi connectivity index (χ0n) is 25.0. The van der Waals surface area contributed by atoms with Gasteiger partial charge in [0.25, 0.3) is 0 Å². The van der Waals surface area contributed by atoms with Crippen LogP contribution in [0.1, 0.15) is 149 Å². The van der Waals surface area contributed by atoms with Crippen LogP contribution in [-0.2, 0) is 9.47 Å². The van der Waals surface area contributed by atoms with Gasteiger partial charge in [-0.25, -0.2) is 9.59 Å². The number of rotatable bonds is 26. The molecular weight excluding hydrogens is 504 g/mol. The van der Waals surface area contributed by atoms with E-state index in [1.54, 1.807) is 24.3 Å². The Kier molecular flexibility index (Phi) is 22.3. The number of nitrogens with two attached hydrogens (primary N) is 4. The van der Waals surface area contributed by atoms with Gasteiger partial charge in [0.2, 0.25) is 0 Å². The molecule has 0 radical (unpaired) electrons. The van der Waals surface area contributed by atoms with E-state index in [0.717, 1.165) is 51.6 Å². The van der Waals surface area contributed by atoms with Gasteiger partial charge >= 0.3 is 11.9 Å². The summed E-state index contributed by atoms with van der Waals surface area (Å²) in [6.45, 7) is 1.58. The maximum absolute atomic E-state index is 12.4. The number of benzene rings is 1. The summed E-state index contributed by atoms with van der Waals surface area (Å²) in [5, 5.41) is 0. The summed E-state index contributed by atoms with van der Waals surface area (Å²) >= 11 is 0. The molecule has 0 fully saturated rings. The quantitative estimate of drug-likeness (QED) is 0.0583. The van der Waals surface area contributed by atoms with Crippen LogP contribution in [0.25, 0.3) is 0 Å². The zero-order valence-corrected chi connectivity index (χ0v) is 25.0. The maximum atomic E-state index is 12.4. The van der Waals surface area contributed by atoms with Crippen molar-refractivity contribution in [2.45, 2.75) is 141 Å². The second-order valence-electron chi connectivity index (χ2n) is 11.0. The average molecular weight is 563 g/mol. The molecule has 1 rings (SSSR count). The lowest BCUT2D eigenvalue weighted by Gasteiger charge is -2.14. The van der Waals surface area contributed by atoms with Gasteiger partial charge < -0.3 is 20.9 Å². The van der Waals surface area contributed by atoms with Gasteiger partial charge in [0, 0.05) is 0 Å². The third kappa shape index (κ3) is 19.1. The topological polar surface area (TPSA) is 157 Å². The molecular formula is C32H58N4O4. The lowest BCUT2D eigenvalue weighted by Crippen LogP contribution is -2.27. The van der Waals surface area contributed by atoms with E-state index in [-0.39, 0.29) is 0 Å². The highest BCUT2D eigenvalue weighted by Crippen LogP contribution is 2.15. The van der Waals surface area contributed by atoms with Crippen LogP contribution in [0.3, 0.4) is 0 Å². The summed E-state index contributed by atoms with van der Waals surface area (Å²) in [6.07, 6.45) is 21.2. The number of hydrogen-bond donors (Lipinski definition) is 4. The van der Waals surface area contributed by atoms with E-state index >= 15 is 0 Å². The van der Waals surface area contributed by atoms with Crippen LogP contribution in [0.2, 0.25) is 0 Å². The SMILES string of the molecule is NCCCCCCCCCCCC(N)OC(=O)c1ccc(C(=O)OC(N)CCCCCCCCCCCN)cc1. The van der Waals surface area contributed by atoms with Crippen molar-refractivity contribution in [2.75, 3.05) is 13.1 Å². The van der Waals surface area contributed by atoms with Gasteiger partial charge in [-0.2, -0.15) is 0 Å². The Balaban J connectivity index is 2.15. The summed E-state index contributed by atoms with van der Waals surface area (Å²) in [7, 11) is 0. The highest BCUT2D eigenvalue weighted by molar-refractivity contribution is 5.93. The fourth-order valence-corrected chi connectivity index (χ4v) is 4.73. The molecule has 40 heavy (non-hydrogen) atoms. The van der Waals surface area contributed by atoms with Crippen LogP contribution in [-0.4, -0.2) is 37.5 Å². The molecule has 2 atom stereocenters. The van der Waals surface area contributed by atoms with Gasteiger partial charge in [-0.3, -0.25) is 11.5 Å². The van der Waals surface area contributed by atoms with E-state index in [4.69, 9.17) is 32.4 Å². The van der Waals surface area contributed by atoms with E-state index in [1.807, 2.05) is 0 Å². The minimum Gasteiger partial charge on any atom is -0.443 e. The number of unbranched alkanes of at least 4 members (excludes halogenated alkanes) is 16. The summed E-state index contributed by atoms with van der Waals surface area (Å²) in [5.74, 6) is -0.977. The minimum absolute atomic E-state index is 0.352. The van der Waals surface area contributed by atoms with Gasteiger partial charge in [-0.15, -0.1) is 0 Å².